The van der Waals surface area contributed by atoms with Crippen molar-refractivity contribution in [3.63, 3.8) is 0 Å². The van der Waals surface area contributed by atoms with Crippen molar-refractivity contribution < 1.29 is 0 Å². The van der Waals surface area contributed by atoms with Gasteiger partial charge in [-0.05, 0) is 19.2 Å². The summed E-state index contributed by atoms with van der Waals surface area (Å²) in [7, 11) is 0. The van der Waals surface area contributed by atoms with Gasteiger partial charge in [0, 0.05) is 34.6 Å². The first-order valence-corrected chi connectivity index (χ1v) is 8.04. The van der Waals surface area contributed by atoms with Crippen molar-refractivity contribution in [3.8, 4) is 0 Å². The number of nitrogens with one attached hydrogen (secondary N) is 1. The lowest BCUT2D eigenvalue weighted by Crippen LogP contribution is -2.31. The summed E-state index contributed by atoms with van der Waals surface area (Å²) in [6, 6.07) is 8.32. The molecule has 2 rings (SSSR count). The number of nitrogens with zero attached hydrogens (tertiary/aromatic N) is 1. The third kappa shape index (κ3) is 3.69. The first-order valence-electron chi connectivity index (χ1n) is 6.85. The maximum absolute atomic E-state index is 6.41. The van der Waals surface area contributed by atoms with Gasteiger partial charge in [-0.2, -0.15) is 0 Å². The fourth-order valence-corrected chi connectivity index (χ4v) is 3.63. The monoisotopic (exact) mass is 296 g/mol. The zero-order chi connectivity index (χ0) is 13.7. The molecule has 0 spiro atoms. The summed E-state index contributed by atoms with van der Waals surface area (Å²) < 4.78 is 1.27. The Morgan fingerprint density at radius 3 is 2.63 bits per heavy atom. The highest BCUT2D eigenvalue weighted by molar-refractivity contribution is 7.19. The minimum atomic E-state index is 0.861. The van der Waals surface area contributed by atoms with Crippen LogP contribution in [-0.2, 0) is 6.54 Å². The maximum Gasteiger partial charge on any atom is 0.0636 e. The van der Waals surface area contributed by atoms with E-state index in [1.54, 1.807) is 11.3 Å². The molecule has 1 aromatic heterocycles. The molecule has 2 nitrogen and oxygen atoms in total. The molecule has 1 N–H and O–H groups in total. The van der Waals surface area contributed by atoms with Gasteiger partial charge in [0.2, 0.25) is 0 Å². The van der Waals surface area contributed by atoms with E-state index in [0.29, 0.717) is 0 Å². The van der Waals surface area contributed by atoms with Crippen LogP contribution in [0.1, 0.15) is 18.7 Å². The molecule has 0 saturated carbocycles. The van der Waals surface area contributed by atoms with Crippen molar-refractivity contribution in [1.29, 1.82) is 0 Å². The normalized spacial score (nSPS) is 11.6. The van der Waals surface area contributed by atoms with Gasteiger partial charge in [-0.15, -0.1) is 11.3 Å². The Hall–Kier alpha value is -0.610. The third-order valence-electron chi connectivity index (χ3n) is 3.39. The van der Waals surface area contributed by atoms with Crippen LogP contribution in [0.2, 0.25) is 5.02 Å². The van der Waals surface area contributed by atoms with Crippen LogP contribution in [0, 0.1) is 0 Å². The molecule has 0 amide bonds. The minimum absolute atomic E-state index is 0.861. The van der Waals surface area contributed by atoms with E-state index >= 15 is 0 Å². The predicted octanol–water partition coefficient (Wildman–Crippen LogP) is 3.99. The van der Waals surface area contributed by atoms with E-state index in [9.17, 15) is 0 Å². The summed E-state index contributed by atoms with van der Waals surface area (Å²) in [4.78, 5) is 3.65. The van der Waals surface area contributed by atoms with Gasteiger partial charge in [0.1, 0.15) is 0 Å². The molecular weight excluding hydrogens is 276 g/mol. The summed E-state index contributed by atoms with van der Waals surface area (Å²) in [6.45, 7) is 9.59. The van der Waals surface area contributed by atoms with Crippen LogP contribution in [0.5, 0.6) is 0 Å². The molecule has 0 radical (unpaired) electrons. The Morgan fingerprint density at radius 1 is 1.21 bits per heavy atom. The van der Waals surface area contributed by atoms with Crippen molar-refractivity contribution in [2.75, 3.05) is 26.2 Å². The van der Waals surface area contributed by atoms with E-state index in [-0.39, 0.29) is 0 Å². The lowest BCUT2D eigenvalue weighted by Gasteiger charge is -2.17. The van der Waals surface area contributed by atoms with Gasteiger partial charge >= 0.3 is 0 Å². The quantitative estimate of drug-likeness (QED) is 0.777. The molecule has 4 heteroatoms. The number of hydrogen-bond acceptors (Lipinski definition) is 3. The van der Waals surface area contributed by atoms with Crippen molar-refractivity contribution in [1.82, 2.24) is 10.2 Å². The molecule has 0 unspecified atom stereocenters. The fourth-order valence-electron chi connectivity index (χ4n) is 2.16. The van der Waals surface area contributed by atoms with E-state index in [1.807, 2.05) is 6.07 Å². The fraction of sp³-hybridized carbons (Fsp3) is 0.467. The van der Waals surface area contributed by atoms with Gasteiger partial charge < -0.3 is 10.2 Å². The summed E-state index contributed by atoms with van der Waals surface area (Å²) in [6.07, 6.45) is 0. The number of hydrogen-bond donors (Lipinski definition) is 1. The molecule has 0 aliphatic heterocycles. The maximum atomic E-state index is 6.41. The zero-order valence-corrected chi connectivity index (χ0v) is 13.2. The lowest BCUT2D eigenvalue weighted by molar-refractivity contribution is 0.302. The van der Waals surface area contributed by atoms with E-state index in [1.165, 1.54) is 15.0 Å². The molecule has 1 aromatic carbocycles. The first kappa shape index (κ1) is 14.8. The van der Waals surface area contributed by atoms with Gasteiger partial charge in [-0.25, -0.2) is 0 Å². The number of likely N-dealkylation sites (N-methyl/N-ethyl adjacent to an activating group) is 1. The second kappa shape index (κ2) is 7.25. The molecule has 19 heavy (non-hydrogen) atoms. The second-order valence-corrected chi connectivity index (χ2v) is 6.05. The smallest absolute Gasteiger partial charge is 0.0636 e. The van der Waals surface area contributed by atoms with E-state index in [4.69, 9.17) is 11.6 Å². The Bertz CT molecular complexity index is 520. The van der Waals surface area contributed by atoms with Gasteiger partial charge in [0.25, 0.3) is 0 Å². The number of halogens is 1. The van der Waals surface area contributed by atoms with Crippen molar-refractivity contribution >= 4 is 33.0 Å². The van der Waals surface area contributed by atoms with E-state index < -0.39 is 0 Å². The molecular formula is C15H21ClN2S. The second-order valence-electron chi connectivity index (χ2n) is 4.54. The topological polar surface area (TPSA) is 15.3 Å². The number of fused-ring (bicyclic) bond motifs is 1. The average molecular weight is 297 g/mol. The standard InChI is InChI=1S/C15H21ClN2S/c1-3-18(4-2)10-9-17-11-14-15(16)12-7-5-6-8-13(12)19-14/h5-8,17H,3-4,9-11H2,1-2H3. The highest BCUT2D eigenvalue weighted by Gasteiger charge is 2.09. The minimum Gasteiger partial charge on any atom is -0.311 e. The van der Waals surface area contributed by atoms with Crippen molar-refractivity contribution in [3.05, 3.63) is 34.2 Å². The van der Waals surface area contributed by atoms with Gasteiger partial charge in [-0.1, -0.05) is 43.6 Å². The average Bonchev–Trinajstić information content (AvgIpc) is 2.76. The SMILES string of the molecule is CCN(CC)CCNCc1sc2ccccc2c1Cl. The van der Waals surface area contributed by atoms with Crippen LogP contribution in [0.3, 0.4) is 0 Å². The lowest BCUT2D eigenvalue weighted by atomic mass is 10.2. The summed E-state index contributed by atoms with van der Waals surface area (Å²) >= 11 is 8.20. The summed E-state index contributed by atoms with van der Waals surface area (Å²) in [5.41, 5.74) is 0. The Labute approximate surface area is 124 Å². The molecule has 0 saturated heterocycles. The van der Waals surface area contributed by atoms with E-state index in [2.05, 4.69) is 42.3 Å². The Balaban J connectivity index is 1.90. The van der Waals surface area contributed by atoms with Crippen LogP contribution >= 0.6 is 22.9 Å². The Morgan fingerprint density at radius 2 is 1.95 bits per heavy atom. The number of thiophene rings is 1. The largest absolute Gasteiger partial charge is 0.311 e. The highest BCUT2D eigenvalue weighted by Crippen LogP contribution is 2.34. The van der Waals surface area contributed by atoms with Gasteiger partial charge in [0.05, 0.1) is 5.02 Å². The van der Waals surface area contributed by atoms with Gasteiger partial charge in [-0.3, -0.25) is 0 Å². The molecule has 104 valence electrons. The molecule has 0 bridgehead atoms. The molecule has 1 heterocycles. The van der Waals surface area contributed by atoms with E-state index in [0.717, 1.165) is 37.7 Å². The number of benzene rings is 1. The van der Waals surface area contributed by atoms with Crippen LogP contribution in [0.15, 0.2) is 24.3 Å². The first-order chi connectivity index (χ1) is 9.26. The van der Waals surface area contributed by atoms with Crippen LogP contribution in [-0.4, -0.2) is 31.1 Å². The molecule has 0 atom stereocenters. The predicted molar refractivity (Wildman–Crippen MR) is 86.3 cm³/mol. The molecule has 0 aliphatic rings. The van der Waals surface area contributed by atoms with Crippen molar-refractivity contribution in [2.45, 2.75) is 20.4 Å². The third-order valence-corrected chi connectivity index (χ3v) is 5.10. The zero-order valence-electron chi connectivity index (χ0n) is 11.6. The van der Waals surface area contributed by atoms with Crippen LogP contribution in [0.4, 0.5) is 0 Å². The number of rotatable bonds is 7. The Kier molecular flexibility index (Phi) is 5.64. The van der Waals surface area contributed by atoms with Crippen LogP contribution < -0.4 is 5.32 Å². The van der Waals surface area contributed by atoms with Crippen molar-refractivity contribution in [2.24, 2.45) is 0 Å². The summed E-state index contributed by atoms with van der Waals surface area (Å²) in [5.74, 6) is 0. The highest BCUT2D eigenvalue weighted by atomic mass is 35.5. The summed E-state index contributed by atoms with van der Waals surface area (Å²) in [5, 5.41) is 5.58. The molecule has 0 aliphatic carbocycles. The molecule has 0 fully saturated rings. The molecule has 2 aromatic rings. The van der Waals surface area contributed by atoms with Crippen LogP contribution in [0.25, 0.3) is 10.1 Å². The van der Waals surface area contributed by atoms with Gasteiger partial charge in [0.15, 0.2) is 0 Å².